The van der Waals surface area contributed by atoms with Gasteiger partial charge in [0.05, 0.1) is 18.0 Å². The Labute approximate surface area is 183 Å². The maximum atomic E-state index is 12.7. The molecule has 0 spiro atoms. The zero-order valence-corrected chi connectivity index (χ0v) is 18.5. The summed E-state index contributed by atoms with van der Waals surface area (Å²) in [4.78, 5) is 24.9. The Balaban J connectivity index is 1.69. The fourth-order valence-corrected chi connectivity index (χ4v) is 3.89. The van der Waals surface area contributed by atoms with Crippen molar-refractivity contribution in [1.82, 2.24) is 14.8 Å². The second-order valence-electron chi connectivity index (χ2n) is 6.75. The van der Waals surface area contributed by atoms with Gasteiger partial charge in [-0.1, -0.05) is 53.7 Å². The summed E-state index contributed by atoms with van der Waals surface area (Å²) in [5, 5.41) is 9.96. The summed E-state index contributed by atoms with van der Waals surface area (Å²) >= 11 is 7.34. The number of H-pyrrole nitrogens is 1. The monoisotopic (exact) mass is 446 g/mol. The molecule has 2 N–H and O–H groups in total. The van der Waals surface area contributed by atoms with Gasteiger partial charge in [-0.15, -0.1) is 5.10 Å². The highest BCUT2D eigenvalue weighted by Crippen LogP contribution is 2.32. The van der Waals surface area contributed by atoms with Crippen LogP contribution >= 0.6 is 23.4 Å². The molecule has 0 fully saturated rings. The van der Waals surface area contributed by atoms with Crippen LogP contribution in [0.5, 0.6) is 5.75 Å². The van der Waals surface area contributed by atoms with Crippen LogP contribution in [0.15, 0.2) is 52.4 Å². The Hall–Kier alpha value is -2.71. The van der Waals surface area contributed by atoms with Crippen LogP contribution in [0.4, 0.5) is 5.69 Å². The van der Waals surface area contributed by atoms with Crippen molar-refractivity contribution in [1.29, 1.82) is 0 Å². The van der Waals surface area contributed by atoms with Crippen molar-refractivity contribution in [2.45, 2.75) is 37.2 Å². The number of rotatable bonds is 8. The number of benzene rings is 2. The summed E-state index contributed by atoms with van der Waals surface area (Å²) in [5.41, 5.74) is 2.20. The number of aromatic nitrogens is 3. The Kier molecular flexibility index (Phi) is 7.23. The third-order valence-corrected chi connectivity index (χ3v) is 6.08. The first-order valence-corrected chi connectivity index (χ1v) is 10.7. The lowest BCUT2D eigenvalue weighted by molar-refractivity contribution is -0.115. The number of carbonyl (C=O) groups excluding carboxylic acids is 1. The summed E-state index contributed by atoms with van der Waals surface area (Å²) < 4.78 is 6.86. The van der Waals surface area contributed by atoms with Gasteiger partial charge in [0.2, 0.25) is 5.91 Å². The molecule has 1 atom stereocenters. The molecule has 0 aliphatic heterocycles. The molecule has 1 amide bonds. The van der Waals surface area contributed by atoms with Gasteiger partial charge in [-0.2, -0.15) is 0 Å². The molecule has 3 aromatic rings. The second-order valence-corrected chi connectivity index (χ2v) is 8.46. The number of nitrogens with zero attached hydrogens (tertiary/aromatic N) is 2. The van der Waals surface area contributed by atoms with E-state index < -0.39 is 5.25 Å². The van der Waals surface area contributed by atoms with E-state index >= 15 is 0 Å². The number of halogens is 1. The smallest absolute Gasteiger partial charge is 0.343 e. The van der Waals surface area contributed by atoms with Gasteiger partial charge in [0, 0.05) is 17.6 Å². The topological polar surface area (TPSA) is 89.0 Å². The van der Waals surface area contributed by atoms with Crippen LogP contribution in [-0.4, -0.2) is 33.0 Å². The number of thioether (sulfide) groups is 1. The largest absolute Gasteiger partial charge is 0.495 e. The number of ether oxygens (including phenoxy) is 1. The van der Waals surface area contributed by atoms with Crippen molar-refractivity contribution in [3.8, 4) is 5.75 Å². The van der Waals surface area contributed by atoms with Gasteiger partial charge in [-0.05, 0) is 37.5 Å². The number of hydrogen-bond acceptors (Lipinski definition) is 5. The van der Waals surface area contributed by atoms with Crippen molar-refractivity contribution in [3.63, 3.8) is 0 Å². The molecule has 1 heterocycles. The quantitative estimate of drug-likeness (QED) is 0.512. The Bertz CT molecular complexity index is 1080. The van der Waals surface area contributed by atoms with Crippen molar-refractivity contribution >= 4 is 35.0 Å². The van der Waals surface area contributed by atoms with Crippen molar-refractivity contribution in [3.05, 3.63) is 69.1 Å². The SMILES string of the molecule is COc1cc(Cl)c(C)cc1NC(=O)C(C)Sc1n[nH]c(=O)n1CCc1ccccc1. The summed E-state index contributed by atoms with van der Waals surface area (Å²) in [6, 6.07) is 13.3. The van der Waals surface area contributed by atoms with E-state index in [4.69, 9.17) is 16.3 Å². The first kappa shape index (κ1) is 22.0. The van der Waals surface area contributed by atoms with Gasteiger partial charge in [0.1, 0.15) is 5.75 Å². The lowest BCUT2D eigenvalue weighted by Crippen LogP contribution is -2.24. The molecule has 9 heteroatoms. The average Bonchev–Trinajstić information content (AvgIpc) is 3.08. The number of amides is 1. The maximum absolute atomic E-state index is 12.7. The van der Waals surface area contributed by atoms with Gasteiger partial charge in [-0.3, -0.25) is 9.36 Å². The maximum Gasteiger partial charge on any atom is 0.343 e. The number of hydrogen-bond donors (Lipinski definition) is 2. The van der Waals surface area contributed by atoms with Crippen LogP contribution in [0.25, 0.3) is 0 Å². The summed E-state index contributed by atoms with van der Waals surface area (Å²) in [6.45, 7) is 4.08. The van der Waals surface area contributed by atoms with E-state index in [1.807, 2.05) is 37.3 Å². The molecule has 2 aromatic carbocycles. The zero-order chi connectivity index (χ0) is 21.7. The third kappa shape index (κ3) is 5.25. The molecule has 0 aliphatic carbocycles. The Morgan fingerprint density at radius 1 is 1.33 bits per heavy atom. The molecule has 0 saturated carbocycles. The fourth-order valence-electron chi connectivity index (χ4n) is 2.85. The lowest BCUT2D eigenvalue weighted by Gasteiger charge is -2.15. The van der Waals surface area contributed by atoms with Gasteiger partial charge < -0.3 is 10.1 Å². The molecule has 3 rings (SSSR count). The van der Waals surface area contributed by atoms with Gasteiger partial charge in [-0.25, -0.2) is 9.89 Å². The predicted octanol–water partition coefficient (Wildman–Crippen LogP) is 3.90. The molecule has 0 aliphatic rings. The minimum absolute atomic E-state index is 0.231. The first-order valence-electron chi connectivity index (χ1n) is 9.40. The van der Waals surface area contributed by atoms with Crippen LogP contribution in [0.1, 0.15) is 18.1 Å². The summed E-state index contributed by atoms with van der Waals surface area (Å²) in [7, 11) is 1.52. The molecule has 7 nitrogen and oxygen atoms in total. The normalized spacial score (nSPS) is 11.9. The van der Waals surface area contributed by atoms with Crippen molar-refractivity contribution in [2.75, 3.05) is 12.4 Å². The molecular weight excluding hydrogens is 424 g/mol. The number of anilines is 1. The van der Waals surface area contributed by atoms with E-state index in [0.29, 0.717) is 34.6 Å². The summed E-state index contributed by atoms with van der Waals surface area (Å²) in [5.74, 6) is 0.251. The lowest BCUT2D eigenvalue weighted by atomic mass is 10.1. The number of methoxy groups -OCH3 is 1. The first-order chi connectivity index (χ1) is 14.4. The number of aryl methyl sites for hydroxylation is 2. The molecule has 1 unspecified atom stereocenters. The molecular formula is C21H23ClN4O3S. The van der Waals surface area contributed by atoms with Crippen molar-refractivity contribution < 1.29 is 9.53 Å². The molecule has 158 valence electrons. The van der Waals surface area contributed by atoms with Crippen molar-refractivity contribution in [2.24, 2.45) is 0 Å². The van der Waals surface area contributed by atoms with Gasteiger partial charge in [0.25, 0.3) is 0 Å². The Morgan fingerprint density at radius 2 is 2.07 bits per heavy atom. The molecule has 0 bridgehead atoms. The van der Waals surface area contributed by atoms with Crippen LogP contribution < -0.4 is 15.7 Å². The van der Waals surface area contributed by atoms with E-state index in [1.54, 1.807) is 23.6 Å². The molecule has 1 aromatic heterocycles. The summed E-state index contributed by atoms with van der Waals surface area (Å²) in [6.07, 6.45) is 0.690. The standard InChI is InChI=1S/C21H23ClN4O3S/c1-13-11-17(18(29-3)12-16(13)22)23-19(27)14(2)30-21-25-24-20(28)26(21)10-9-15-7-5-4-6-8-15/h4-8,11-12,14H,9-10H2,1-3H3,(H,23,27)(H,24,28). The van der Waals surface area contributed by atoms with Crippen LogP contribution in [-0.2, 0) is 17.8 Å². The van der Waals surface area contributed by atoms with Gasteiger partial charge >= 0.3 is 5.69 Å². The fraction of sp³-hybridized carbons (Fsp3) is 0.286. The molecule has 0 radical (unpaired) electrons. The van der Waals surface area contributed by atoms with Crippen LogP contribution in [0, 0.1) is 6.92 Å². The van der Waals surface area contributed by atoms with E-state index in [0.717, 1.165) is 11.1 Å². The minimum Gasteiger partial charge on any atom is -0.495 e. The second kappa shape index (κ2) is 9.86. The molecule has 30 heavy (non-hydrogen) atoms. The highest BCUT2D eigenvalue weighted by molar-refractivity contribution is 8.00. The van der Waals surface area contributed by atoms with E-state index in [2.05, 4.69) is 15.5 Å². The number of carbonyl (C=O) groups is 1. The Morgan fingerprint density at radius 3 is 2.77 bits per heavy atom. The highest BCUT2D eigenvalue weighted by Gasteiger charge is 2.20. The number of nitrogens with one attached hydrogen (secondary N) is 2. The van der Waals surface area contributed by atoms with Crippen LogP contribution in [0.2, 0.25) is 5.02 Å². The zero-order valence-electron chi connectivity index (χ0n) is 16.9. The molecule has 0 saturated heterocycles. The van der Waals surface area contributed by atoms with E-state index in [-0.39, 0.29) is 11.6 Å². The predicted molar refractivity (Wildman–Crippen MR) is 120 cm³/mol. The van der Waals surface area contributed by atoms with Gasteiger partial charge in [0.15, 0.2) is 5.16 Å². The minimum atomic E-state index is -0.489. The van der Waals surface area contributed by atoms with Crippen LogP contribution in [0.3, 0.4) is 0 Å². The van der Waals surface area contributed by atoms with E-state index in [1.165, 1.54) is 18.9 Å². The highest BCUT2D eigenvalue weighted by atomic mass is 35.5. The number of aromatic amines is 1. The third-order valence-electron chi connectivity index (χ3n) is 4.58. The average molecular weight is 447 g/mol. The van der Waals surface area contributed by atoms with E-state index in [9.17, 15) is 9.59 Å².